The summed E-state index contributed by atoms with van der Waals surface area (Å²) in [6, 6.07) is 4.10. The van der Waals surface area contributed by atoms with E-state index >= 15 is 0 Å². The highest BCUT2D eigenvalue weighted by Crippen LogP contribution is 2.26. The average molecular weight is 261 g/mol. The van der Waals surface area contributed by atoms with Gasteiger partial charge in [-0.3, -0.25) is 14.6 Å². The Hall–Kier alpha value is -1.91. The molecule has 1 fully saturated rings. The van der Waals surface area contributed by atoms with E-state index in [9.17, 15) is 9.59 Å². The van der Waals surface area contributed by atoms with Crippen molar-refractivity contribution >= 4 is 11.8 Å². The van der Waals surface area contributed by atoms with E-state index in [-0.39, 0.29) is 11.8 Å². The molecule has 1 aliphatic carbocycles. The van der Waals surface area contributed by atoms with Crippen LogP contribution >= 0.6 is 0 Å². The molecule has 0 unspecified atom stereocenters. The first-order chi connectivity index (χ1) is 9.16. The minimum atomic E-state index is -0.0243. The van der Waals surface area contributed by atoms with Gasteiger partial charge in [-0.15, -0.1) is 0 Å². The minimum Gasteiger partial charge on any atom is -0.352 e. The van der Waals surface area contributed by atoms with Crippen LogP contribution in [0.2, 0.25) is 0 Å². The first-order valence-electron chi connectivity index (χ1n) is 6.59. The standard InChI is InChI=1S/C14H19N3O2/c1-11(18)17(13-2-3-13)9-6-14(19)16-10-12-4-7-15-8-5-12/h4-5,7-8,13H,2-3,6,9-10H2,1H3,(H,16,19). The van der Waals surface area contributed by atoms with Gasteiger partial charge in [-0.05, 0) is 30.5 Å². The van der Waals surface area contributed by atoms with Gasteiger partial charge in [0.25, 0.3) is 0 Å². The van der Waals surface area contributed by atoms with Gasteiger partial charge < -0.3 is 10.2 Å². The van der Waals surface area contributed by atoms with Crippen LogP contribution in [0.3, 0.4) is 0 Å². The van der Waals surface area contributed by atoms with Crippen molar-refractivity contribution in [3.05, 3.63) is 30.1 Å². The van der Waals surface area contributed by atoms with Gasteiger partial charge in [0.15, 0.2) is 0 Å². The van der Waals surface area contributed by atoms with Crippen LogP contribution < -0.4 is 5.32 Å². The summed E-state index contributed by atoms with van der Waals surface area (Å²) in [5, 5.41) is 2.85. The Balaban J connectivity index is 1.71. The molecule has 1 aromatic rings. The van der Waals surface area contributed by atoms with Gasteiger partial charge in [0.05, 0.1) is 0 Å². The zero-order chi connectivity index (χ0) is 13.7. The molecular weight excluding hydrogens is 242 g/mol. The smallest absolute Gasteiger partial charge is 0.222 e. The van der Waals surface area contributed by atoms with E-state index in [1.54, 1.807) is 24.2 Å². The fraction of sp³-hybridized carbons (Fsp3) is 0.500. The summed E-state index contributed by atoms with van der Waals surface area (Å²) in [6.45, 7) is 2.58. The molecule has 1 aliphatic rings. The molecule has 1 aromatic heterocycles. The molecule has 1 saturated carbocycles. The molecule has 0 atom stereocenters. The molecular formula is C14H19N3O2. The monoisotopic (exact) mass is 261 g/mol. The summed E-state index contributed by atoms with van der Waals surface area (Å²) in [5.74, 6) is 0.0353. The number of carbonyl (C=O) groups is 2. The van der Waals surface area contributed by atoms with E-state index in [1.165, 1.54) is 0 Å². The quantitative estimate of drug-likeness (QED) is 0.834. The number of hydrogen-bond acceptors (Lipinski definition) is 3. The summed E-state index contributed by atoms with van der Waals surface area (Å²) >= 11 is 0. The van der Waals surface area contributed by atoms with Gasteiger partial charge >= 0.3 is 0 Å². The van der Waals surface area contributed by atoms with Gasteiger partial charge in [-0.1, -0.05) is 0 Å². The van der Waals surface area contributed by atoms with Crippen molar-refractivity contribution in [3.63, 3.8) is 0 Å². The molecule has 5 nitrogen and oxygen atoms in total. The second-order valence-electron chi connectivity index (χ2n) is 4.83. The fourth-order valence-corrected chi connectivity index (χ4v) is 2.00. The molecule has 0 bridgehead atoms. The second-order valence-corrected chi connectivity index (χ2v) is 4.83. The number of hydrogen-bond donors (Lipinski definition) is 1. The maximum Gasteiger partial charge on any atom is 0.222 e. The molecule has 5 heteroatoms. The molecule has 1 heterocycles. The van der Waals surface area contributed by atoms with E-state index in [1.807, 2.05) is 12.1 Å². The maximum atomic E-state index is 11.7. The lowest BCUT2D eigenvalue weighted by atomic mass is 10.2. The van der Waals surface area contributed by atoms with E-state index in [2.05, 4.69) is 10.3 Å². The van der Waals surface area contributed by atoms with Crippen LogP contribution in [0.15, 0.2) is 24.5 Å². The number of nitrogens with zero attached hydrogens (tertiary/aromatic N) is 2. The molecule has 19 heavy (non-hydrogen) atoms. The van der Waals surface area contributed by atoms with E-state index in [4.69, 9.17) is 0 Å². The molecule has 0 spiro atoms. The van der Waals surface area contributed by atoms with Crippen LogP contribution in [0.1, 0.15) is 31.7 Å². The summed E-state index contributed by atoms with van der Waals surface area (Å²) in [4.78, 5) is 28.8. The van der Waals surface area contributed by atoms with E-state index in [0.717, 1.165) is 18.4 Å². The Bertz CT molecular complexity index is 443. The van der Waals surface area contributed by atoms with Gasteiger partial charge in [-0.2, -0.15) is 0 Å². The topological polar surface area (TPSA) is 62.3 Å². The predicted octanol–water partition coefficient (Wildman–Crippen LogP) is 1.10. The van der Waals surface area contributed by atoms with Crippen molar-refractivity contribution in [1.82, 2.24) is 15.2 Å². The Morgan fingerprint density at radius 1 is 1.37 bits per heavy atom. The molecule has 102 valence electrons. The van der Waals surface area contributed by atoms with Crippen molar-refractivity contribution in [1.29, 1.82) is 0 Å². The van der Waals surface area contributed by atoms with E-state index in [0.29, 0.717) is 25.6 Å². The molecule has 2 rings (SSSR count). The Kier molecular flexibility index (Phi) is 4.49. The highest BCUT2D eigenvalue weighted by molar-refractivity contribution is 5.78. The Labute approximate surface area is 113 Å². The highest BCUT2D eigenvalue weighted by Gasteiger charge is 2.30. The second kappa shape index (κ2) is 6.31. The van der Waals surface area contributed by atoms with E-state index < -0.39 is 0 Å². The number of rotatable bonds is 6. The van der Waals surface area contributed by atoms with Crippen molar-refractivity contribution in [3.8, 4) is 0 Å². The van der Waals surface area contributed by atoms with Crippen molar-refractivity contribution in [2.75, 3.05) is 6.54 Å². The lowest BCUT2D eigenvalue weighted by molar-refractivity contribution is -0.130. The SMILES string of the molecule is CC(=O)N(CCC(=O)NCc1ccncc1)C1CC1. The summed E-state index contributed by atoms with van der Waals surface area (Å²) in [6.07, 6.45) is 5.90. The highest BCUT2D eigenvalue weighted by atomic mass is 16.2. The van der Waals surface area contributed by atoms with Gasteiger partial charge in [0.1, 0.15) is 0 Å². The normalized spacial score (nSPS) is 13.9. The van der Waals surface area contributed by atoms with Crippen LogP contribution in [0.5, 0.6) is 0 Å². The third-order valence-corrected chi connectivity index (χ3v) is 3.21. The molecule has 0 aromatic carbocycles. The zero-order valence-electron chi connectivity index (χ0n) is 11.1. The minimum absolute atomic E-state index is 0.0243. The van der Waals surface area contributed by atoms with Gasteiger partial charge in [-0.25, -0.2) is 0 Å². The molecule has 0 radical (unpaired) electrons. The molecule has 0 aliphatic heterocycles. The lowest BCUT2D eigenvalue weighted by Gasteiger charge is -2.20. The molecule has 0 saturated heterocycles. The fourth-order valence-electron chi connectivity index (χ4n) is 2.00. The first kappa shape index (κ1) is 13.5. The van der Waals surface area contributed by atoms with Gasteiger partial charge in [0, 0.05) is 44.9 Å². The number of nitrogens with one attached hydrogen (secondary N) is 1. The first-order valence-corrected chi connectivity index (χ1v) is 6.59. The third-order valence-electron chi connectivity index (χ3n) is 3.21. The van der Waals surface area contributed by atoms with Crippen LogP contribution in [0.25, 0.3) is 0 Å². The van der Waals surface area contributed by atoms with Crippen molar-refractivity contribution in [2.24, 2.45) is 0 Å². The van der Waals surface area contributed by atoms with Crippen LogP contribution in [-0.2, 0) is 16.1 Å². The number of amides is 2. The largest absolute Gasteiger partial charge is 0.352 e. The summed E-state index contributed by atoms with van der Waals surface area (Å²) < 4.78 is 0. The number of carbonyl (C=O) groups excluding carboxylic acids is 2. The number of aromatic nitrogens is 1. The Morgan fingerprint density at radius 2 is 2.05 bits per heavy atom. The third kappa shape index (κ3) is 4.35. The van der Waals surface area contributed by atoms with Gasteiger partial charge in [0.2, 0.25) is 11.8 Å². The van der Waals surface area contributed by atoms with Crippen LogP contribution in [-0.4, -0.2) is 34.3 Å². The van der Waals surface area contributed by atoms with Crippen molar-refractivity contribution < 1.29 is 9.59 Å². The van der Waals surface area contributed by atoms with Crippen LogP contribution in [0.4, 0.5) is 0 Å². The average Bonchev–Trinajstić information content (AvgIpc) is 3.22. The van der Waals surface area contributed by atoms with Crippen molar-refractivity contribution in [2.45, 2.75) is 38.8 Å². The maximum absolute atomic E-state index is 11.7. The zero-order valence-corrected chi connectivity index (χ0v) is 11.1. The number of pyridine rings is 1. The van der Waals surface area contributed by atoms with Crippen LogP contribution in [0, 0.1) is 0 Å². The Morgan fingerprint density at radius 3 is 2.63 bits per heavy atom. The summed E-state index contributed by atoms with van der Waals surface area (Å²) in [5.41, 5.74) is 1.02. The predicted molar refractivity (Wildman–Crippen MR) is 71.1 cm³/mol. The molecule has 2 amide bonds. The molecule has 1 N–H and O–H groups in total. The summed E-state index contributed by atoms with van der Waals surface area (Å²) in [7, 11) is 0. The lowest BCUT2D eigenvalue weighted by Crippen LogP contribution is -2.35.